The number of alkyl halides is 3. The van der Waals surface area contributed by atoms with E-state index in [1.165, 1.54) is 31.3 Å². The molecule has 0 radical (unpaired) electrons. The second kappa shape index (κ2) is 8.61. The molecule has 2 aromatic carbocycles. The summed E-state index contributed by atoms with van der Waals surface area (Å²) < 4.78 is 82.2. The highest BCUT2D eigenvalue weighted by Crippen LogP contribution is 2.31. The third kappa shape index (κ3) is 5.64. The Morgan fingerprint density at radius 3 is 2.45 bits per heavy atom. The van der Waals surface area contributed by atoms with E-state index >= 15 is 0 Å². The molecule has 0 aromatic heterocycles. The van der Waals surface area contributed by atoms with E-state index in [1.54, 1.807) is 0 Å². The Hall–Kier alpha value is -2.41. The zero-order valence-electron chi connectivity index (χ0n) is 15.8. The van der Waals surface area contributed by atoms with Gasteiger partial charge >= 0.3 is 6.36 Å². The Labute approximate surface area is 180 Å². The highest BCUT2D eigenvalue weighted by Gasteiger charge is 2.40. The van der Waals surface area contributed by atoms with E-state index in [0.717, 1.165) is 22.5 Å². The van der Waals surface area contributed by atoms with Gasteiger partial charge in [-0.3, -0.25) is 4.79 Å². The van der Waals surface area contributed by atoms with Crippen molar-refractivity contribution in [1.82, 2.24) is 9.03 Å². The smallest absolute Gasteiger partial charge is 0.406 e. The Kier molecular flexibility index (Phi) is 6.46. The van der Waals surface area contributed by atoms with Gasteiger partial charge in [0.05, 0.1) is 5.02 Å². The number of nitrogens with zero attached hydrogens (tertiary/aromatic N) is 1. The fourth-order valence-electron chi connectivity index (χ4n) is 3.03. The molecule has 1 saturated heterocycles. The summed E-state index contributed by atoms with van der Waals surface area (Å²) in [6.07, 6.45) is -4.88. The third-order valence-electron chi connectivity index (χ3n) is 4.57. The maximum absolute atomic E-state index is 13.3. The Morgan fingerprint density at radius 1 is 1.23 bits per heavy atom. The number of amides is 1. The predicted octanol–water partition coefficient (Wildman–Crippen LogP) is 3.60. The number of nitrogens with one attached hydrogen (secondary N) is 2. The minimum absolute atomic E-state index is 0.0179. The normalized spacial score (nSPS) is 21.5. The van der Waals surface area contributed by atoms with Gasteiger partial charge in [0.1, 0.15) is 17.6 Å². The number of benzene rings is 2. The van der Waals surface area contributed by atoms with Crippen LogP contribution in [0.15, 0.2) is 42.5 Å². The van der Waals surface area contributed by atoms with Gasteiger partial charge in [-0.05, 0) is 42.3 Å². The molecule has 2 unspecified atom stereocenters. The summed E-state index contributed by atoms with van der Waals surface area (Å²) >= 11 is 5.69. The Balaban J connectivity index is 1.80. The maximum Gasteiger partial charge on any atom is 0.573 e. The van der Waals surface area contributed by atoms with Crippen molar-refractivity contribution in [2.75, 3.05) is 12.4 Å². The summed E-state index contributed by atoms with van der Waals surface area (Å²) in [5.41, 5.74) is 0.514. The minimum atomic E-state index is -4.86. The molecule has 0 saturated carbocycles. The molecule has 1 aliphatic rings. The molecule has 3 rings (SSSR count). The SMILES string of the molecule is CN1C(C(=O)Nc2ccc(F)c(Cl)c2)CC(c2ccc(OC(F)(F)F)cc2)NS1(=O)=O. The first-order chi connectivity index (χ1) is 14.4. The van der Waals surface area contributed by atoms with Crippen molar-refractivity contribution in [1.29, 1.82) is 0 Å². The summed E-state index contributed by atoms with van der Waals surface area (Å²) in [5, 5.41) is 2.27. The first-order valence-corrected chi connectivity index (χ1v) is 10.5. The van der Waals surface area contributed by atoms with Crippen LogP contribution in [-0.4, -0.2) is 38.1 Å². The molecule has 2 atom stereocenters. The lowest BCUT2D eigenvalue weighted by Gasteiger charge is -2.36. The zero-order chi connectivity index (χ0) is 23.0. The fourth-order valence-corrected chi connectivity index (χ4v) is 4.48. The number of likely N-dealkylation sites (N-methyl/N-ethyl adjacent to an activating group) is 1. The van der Waals surface area contributed by atoms with Crippen molar-refractivity contribution in [3.8, 4) is 5.75 Å². The van der Waals surface area contributed by atoms with Crippen LogP contribution in [0.1, 0.15) is 18.0 Å². The lowest BCUT2D eigenvalue weighted by molar-refractivity contribution is -0.274. The second-order valence-corrected chi connectivity index (χ2v) is 8.85. The molecule has 0 spiro atoms. The van der Waals surface area contributed by atoms with Crippen LogP contribution in [0.25, 0.3) is 0 Å². The first-order valence-electron chi connectivity index (χ1n) is 8.72. The van der Waals surface area contributed by atoms with E-state index in [4.69, 9.17) is 11.6 Å². The number of hydrogen-bond donors (Lipinski definition) is 2. The minimum Gasteiger partial charge on any atom is -0.406 e. The van der Waals surface area contributed by atoms with Gasteiger partial charge in [-0.2, -0.15) is 17.4 Å². The summed E-state index contributed by atoms with van der Waals surface area (Å²) in [4.78, 5) is 12.7. The molecule has 7 nitrogen and oxygen atoms in total. The van der Waals surface area contributed by atoms with E-state index in [9.17, 15) is 30.8 Å². The molecule has 0 bridgehead atoms. The fraction of sp³-hybridized carbons (Fsp3) is 0.278. The predicted molar refractivity (Wildman–Crippen MR) is 104 cm³/mol. The molecule has 168 valence electrons. The number of anilines is 1. The summed E-state index contributed by atoms with van der Waals surface area (Å²) in [7, 11) is -2.86. The van der Waals surface area contributed by atoms with Gasteiger partial charge < -0.3 is 10.1 Å². The van der Waals surface area contributed by atoms with Gasteiger partial charge in [-0.1, -0.05) is 23.7 Å². The molecule has 13 heteroatoms. The molecule has 1 fully saturated rings. The van der Waals surface area contributed by atoms with Crippen molar-refractivity contribution >= 4 is 33.4 Å². The van der Waals surface area contributed by atoms with Gasteiger partial charge in [0.25, 0.3) is 10.2 Å². The summed E-state index contributed by atoms with van der Waals surface area (Å²) in [6.45, 7) is 0. The van der Waals surface area contributed by atoms with Crippen LogP contribution in [0.4, 0.5) is 23.2 Å². The van der Waals surface area contributed by atoms with Crippen LogP contribution in [0, 0.1) is 5.82 Å². The van der Waals surface area contributed by atoms with Gasteiger partial charge in [0, 0.05) is 18.8 Å². The van der Waals surface area contributed by atoms with E-state index in [1.807, 2.05) is 0 Å². The van der Waals surface area contributed by atoms with Crippen molar-refractivity contribution in [3.05, 3.63) is 58.9 Å². The van der Waals surface area contributed by atoms with Gasteiger partial charge in [-0.15, -0.1) is 13.2 Å². The Bertz CT molecular complexity index is 1080. The second-order valence-electron chi connectivity index (χ2n) is 6.68. The van der Waals surface area contributed by atoms with Crippen LogP contribution in [-0.2, 0) is 15.0 Å². The number of halogens is 5. The average Bonchev–Trinajstić information content (AvgIpc) is 2.66. The van der Waals surface area contributed by atoms with E-state index in [0.29, 0.717) is 5.56 Å². The number of carbonyl (C=O) groups is 1. The molecule has 31 heavy (non-hydrogen) atoms. The van der Waals surface area contributed by atoms with E-state index in [2.05, 4.69) is 14.8 Å². The highest BCUT2D eigenvalue weighted by molar-refractivity contribution is 7.87. The molecule has 1 amide bonds. The molecular formula is C18H16ClF4N3O4S. The van der Waals surface area contributed by atoms with Crippen LogP contribution >= 0.6 is 11.6 Å². The molecule has 0 aliphatic carbocycles. The number of rotatable bonds is 4. The quantitative estimate of drug-likeness (QED) is 0.653. The maximum atomic E-state index is 13.3. The third-order valence-corrected chi connectivity index (χ3v) is 6.46. The van der Waals surface area contributed by atoms with Crippen LogP contribution in [0.2, 0.25) is 5.02 Å². The monoisotopic (exact) mass is 481 g/mol. The number of ether oxygens (including phenoxy) is 1. The van der Waals surface area contributed by atoms with Crippen molar-refractivity contribution in [2.24, 2.45) is 0 Å². The van der Waals surface area contributed by atoms with E-state index in [-0.39, 0.29) is 17.1 Å². The molecule has 1 aliphatic heterocycles. The lowest BCUT2D eigenvalue weighted by Crippen LogP contribution is -2.55. The van der Waals surface area contributed by atoms with E-state index < -0.39 is 46.1 Å². The lowest BCUT2D eigenvalue weighted by atomic mass is 9.99. The topological polar surface area (TPSA) is 87.7 Å². The van der Waals surface area contributed by atoms with Crippen LogP contribution in [0.3, 0.4) is 0 Å². The standard InChI is InChI=1S/C18H16ClF4N3O4S/c1-26-16(17(27)24-11-4-7-14(20)13(19)8-11)9-15(25-31(26,28)29)10-2-5-12(6-3-10)30-18(21,22)23/h2-8,15-16,25H,9H2,1H3,(H,24,27). The zero-order valence-corrected chi connectivity index (χ0v) is 17.4. The number of hydrogen-bond acceptors (Lipinski definition) is 4. The first kappa shape index (κ1) is 23.3. The van der Waals surface area contributed by atoms with Crippen LogP contribution in [0.5, 0.6) is 5.75 Å². The number of carbonyl (C=O) groups excluding carboxylic acids is 1. The molecule has 2 aromatic rings. The summed E-state index contributed by atoms with van der Waals surface area (Å²) in [5.74, 6) is -1.83. The van der Waals surface area contributed by atoms with Crippen molar-refractivity contribution in [3.63, 3.8) is 0 Å². The van der Waals surface area contributed by atoms with Gasteiger partial charge in [-0.25, -0.2) is 4.39 Å². The Morgan fingerprint density at radius 2 is 1.87 bits per heavy atom. The van der Waals surface area contributed by atoms with Gasteiger partial charge in [0.2, 0.25) is 5.91 Å². The highest BCUT2D eigenvalue weighted by atomic mass is 35.5. The molecular weight excluding hydrogens is 466 g/mol. The van der Waals surface area contributed by atoms with Crippen molar-refractivity contribution in [2.45, 2.75) is 24.9 Å². The van der Waals surface area contributed by atoms with Crippen molar-refractivity contribution < 1.29 is 35.5 Å². The summed E-state index contributed by atoms with van der Waals surface area (Å²) in [6, 6.07) is 6.11. The molecule has 2 N–H and O–H groups in total. The molecule has 1 heterocycles. The van der Waals surface area contributed by atoms with Crippen LogP contribution < -0.4 is 14.8 Å². The largest absolute Gasteiger partial charge is 0.573 e. The average molecular weight is 482 g/mol. The van der Waals surface area contributed by atoms with Gasteiger partial charge in [0.15, 0.2) is 0 Å².